The molecule has 1 heterocycles. The predicted molar refractivity (Wildman–Crippen MR) is 113 cm³/mol. The Labute approximate surface area is 172 Å². The van der Waals surface area contributed by atoms with E-state index in [0.717, 1.165) is 31.4 Å². The van der Waals surface area contributed by atoms with Crippen LogP contribution in [0.25, 0.3) is 0 Å². The fourth-order valence-electron chi connectivity index (χ4n) is 3.89. The lowest BCUT2D eigenvalue weighted by Gasteiger charge is -2.36. The number of rotatable bonds is 5. The first-order chi connectivity index (χ1) is 13.7. The summed E-state index contributed by atoms with van der Waals surface area (Å²) in [5.74, 6) is 0.683. The van der Waals surface area contributed by atoms with E-state index in [-0.39, 0.29) is 17.7 Å². The van der Waals surface area contributed by atoms with Gasteiger partial charge in [0.25, 0.3) is 0 Å². The molecule has 156 valence electrons. The first-order valence-corrected chi connectivity index (χ1v) is 10.3. The lowest BCUT2D eigenvalue weighted by atomic mass is 9.69. The molecule has 2 amide bonds. The summed E-state index contributed by atoms with van der Waals surface area (Å²) in [6.45, 7) is 8.61. The molecule has 0 saturated heterocycles. The van der Waals surface area contributed by atoms with Crippen molar-refractivity contribution in [1.82, 2.24) is 14.8 Å². The molecule has 1 fully saturated rings. The van der Waals surface area contributed by atoms with Gasteiger partial charge >= 0.3 is 0 Å². The van der Waals surface area contributed by atoms with Crippen LogP contribution in [-0.2, 0) is 9.59 Å². The van der Waals surface area contributed by atoms with E-state index in [0.29, 0.717) is 17.0 Å². The highest BCUT2D eigenvalue weighted by Gasteiger charge is 2.32. The third-order valence-corrected chi connectivity index (χ3v) is 5.96. The zero-order valence-corrected chi connectivity index (χ0v) is 17.7. The van der Waals surface area contributed by atoms with Gasteiger partial charge < -0.3 is 10.6 Å². The lowest BCUT2D eigenvalue weighted by Crippen LogP contribution is -2.31. The van der Waals surface area contributed by atoms with Gasteiger partial charge in [0.2, 0.25) is 11.8 Å². The minimum absolute atomic E-state index is 0.0801. The Morgan fingerprint density at radius 3 is 2.14 bits per heavy atom. The van der Waals surface area contributed by atoms with Crippen molar-refractivity contribution in [3.8, 4) is 0 Å². The molecule has 2 aromatic rings. The number of carbonyl (C=O) groups is 2. The van der Waals surface area contributed by atoms with E-state index in [9.17, 15) is 9.59 Å². The molecule has 0 bridgehead atoms. The molecule has 1 unspecified atom stereocenters. The summed E-state index contributed by atoms with van der Waals surface area (Å²) in [5.41, 5.74) is 1.73. The summed E-state index contributed by atoms with van der Waals surface area (Å²) in [4.78, 5) is 28.8. The quantitative estimate of drug-likeness (QED) is 0.788. The largest absolute Gasteiger partial charge is 0.326 e. The number of aromatic nitrogens is 3. The highest BCUT2D eigenvalue weighted by molar-refractivity contribution is 5.95. The SMILES string of the molecule is CC(C(=O)Nc1ccc(NC(=O)C2CCC(C(C)(C)C)CC2)cc1)n1cncn1. The summed E-state index contributed by atoms with van der Waals surface area (Å²) >= 11 is 0. The molecule has 7 heteroatoms. The minimum atomic E-state index is -0.458. The van der Waals surface area contributed by atoms with E-state index < -0.39 is 6.04 Å². The van der Waals surface area contributed by atoms with Crippen molar-refractivity contribution in [3.05, 3.63) is 36.9 Å². The van der Waals surface area contributed by atoms with Crippen LogP contribution in [0.2, 0.25) is 0 Å². The van der Waals surface area contributed by atoms with E-state index in [4.69, 9.17) is 0 Å². The Morgan fingerprint density at radius 1 is 1.03 bits per heavy atom. The second-order valence-electron chi connectivity index (χ2n) is 9.02. The van der Waals surface area contributed by atoms with E-state index in [1.165, 1.54) is 17.3 Å². The molecule has 2 N–H and O–H groups in total. The van der Waals surface area contributed by atoms with Crippen LogP contribution in [0.1, 0.15) is 59.4 Å². The summed E-state index contributed by atoms with van der Waals surface area (Å²) in [7, 11) is 0. The third-order valence-electron chi connectivity index (χ3n) is 5.96. The second kappa shape index (κ2) is 8.76. The van der Waals surface area contributed by atoms with Gasteiger partial charge in [-0.05, 0) is 68.2 Å². The van der Waals surface area contributed by atoms with Crippen molar-refractivity contribution in [2.24, 2.45) is 17.3 Å². The number of benzene rings is 1. The summed E-state index contributed by atoms with van der Waals surface area (Å²) in [6, 6.07) is 6.75. The normalized spacial score (nSPS) is 20.7. The molecule has 7 nitrogen and oxygen atoms in total. The maximum absolute atomic E-state index is 12.6. The number of nitrogens with zero attached hydrogens (tertiary/aromatic N) is 3. The van der Waals surface area contributed by atoms with Gasteiger partial charge in [-0.25, -0.2) is 9.67 Å². The van der Waals surface area contributed by atoms with Crippen molar-refractivity contribution in [2.75, 3.05) is 10.6 Å². The van der Waals surface area contributed by atoms with Crippen molar-refractivity contribution in [3.63, 3.8) is 0 Å². The number of amides is 2. The maximum atomic E-state index is 12.6. The first kappa shape index (κ1) is 21.0. The number of carbonyl (C=O) groups excluding carboxylic acids is 2. The molecule has 3 rings (SSSR count). The zero-order chi connectivity index (χ0) is 21.0. The minimum Gasteiger partial charge on any atom is -0.326 e. The summed E-state index contributed by atoms with van der Waals surface area (Å²) in [6.07, 6.45) is 7.02. The molecule has 1 aromatic heterocycles. The molecular weight excluding hydrogens is 366 g/mol. The van der Waals surface area contributed by atoms with E-state index in [2.05, 4.69) is 41.5 Å². The Balaban J connectivity index is 1.50. The average molecular weight is 398 g/mol. The van der Waals surface area contributed by atoms with Gasteiger partial charge in [0, 0.05) is 17.3 Å². The van der Waals surface area contributed by atoms with Crippen LogP contribution >= 0.6 is 0 Å². The van der Waals surface area contributed by atoms with Crippen LogP contribution in [0.4, 0.5) is 11.4 Å². The zero-order valence-electron chi connectivity index (χ0n) is 17.7. The molecule has 1 saturated carbocycles. The maximum Gasteiger partial charge on any atom is 0.249 e. The monoisotopic (exact) mass is 397 g/mol. The van der Waals surface area contributed by atoms with Crippen LogP contribution in [0.15, 0.2) is 36.9 Å². The summed E-state index contributed by atoms with van der Waals surface area (Å²) < 4.78 is 1.50. The molecular formula is C22H31N5O2. The molecule has 29 heavy (non-hydrogen) atoms. The number of hydrogen-bond donors (Lipinski definition) is 2. The van der Waals surface area contributed by atoms with E-state index in [1.807, 2.05) is 12.1 Å². The van der Waals surface area contributed by atoms with Crippen LogP contribution in [0, 0.1) is 17.3 Å². The topological polar surface area (TPSA) is 88.9 Å². The number of hydrogen-bond acceptors (Lipinski definition) is 4. The Morgan fingerprint density at radius 2 is 1.62 bits per heavy atom. The molecule has 1 aliphatic carbocycles. The van der Waals surface area contributed by atoms with Crippen molar-refractivity contribution >= 4 is 23.2 Å². The van der Waals surface area contributed by atoms with Crippen LogP contribution in [0.5, 0.6) is 0 Å². The van der Waals surface area contributed by atoms with Crippen LogP contribution in [-0.4, -0.2) is 26.6 Å². The second-order valence-corrected chi connectivity index (χ2v) is 9.02. The smallest absolute Gasteiger partial charge is 0.249 e. The van der Waals surface area contributed by atoms with Gasteiger partial charge in [-0.2, -0.15) is 5.10 Å². The van der Waals surface area contributed by atoms with Crippen molar-refractivity contribution < 1.29 is 9.59 Å². The Bertz CT molecular complexity index is 816. The van der Waals surface area contributed by atoms with Crippen LogP contribution in [0.3, 0.4) is 0 Å². The van der Waals surface area contributed by atoms with Gasteiger partial charge in [0.05, 0.1) is 0 Å². The van der Waals surface area contributed by atoms with Crippen molar-refractivity contribution in [2.45, 2.75) is 59.4 Å². The highest BCUT2D eigenvalue weighted by atomic mass is 16.2. The molecule has 0 spiro atoms. The first-order valence-electron chi connectivity index (χ1n) is 10.3. The number of anilines is 2. The standard InChI is InChI=1S/C22H31N5O2/c1-15(27-14-23-13-24-27)20(28)25-18-9-11-19(12-10-18)26-21(29)16-5-7-17(8-6-16)22(2,3)4/h9-17H,5-8H2,1-4H3,(H,25,28)(H,26,29). The van der Waals surface area contributed by atoms with Crippen molar-refractivity contribution in [1.29, 1.82) is 0 Å². The predicted octanol–water partition coefficient (Wildman–Crippen LogP) is 4.27. The molecule has 1 aromatic carbocycles. The summed E-state index contributed by atoms with van der Waals surface area (Å²) in [5, 5.41) is 9.85. The fraction of sp³-hybridized carbons (Fsp3) is 0.545. The van der Waals surface area contributed by atoms with Gasteiger partial charge in [-0.1, -0.05) is 20.8 Å². The molecule has 0 radical (unpaired) electrons. The molecule has 1 aliphatic rings. The lowest BCUT2D eigenvalue weighted by molar-refractivity contribution is -0.121. The van der Waals surface area contributed by atoms with E-state index in [1.54, 1.807) is 19.1 Å². The average Bonchev–Trinajstić information content (AvgIpc) is 3.23. The van der Waals surface area contributed by atoms with E-state index >= 15 is 0 Å². The van der Waals surface area contributed by atoms with Gasteiger partial charge in [-0.3, -0.25) is 9.59 Å². The van der Waals surface area contributed by atoms with Gasteiger partial charge in [0.1, 0.15) is 18.7 Å². The molecule has 0 aliphatic heterocycles. The molecule has 1 atom stereocenters. The Kier molecular flexibility index (Phi) is 6.35. The number of nitrogens with one attached hydrogen (secondary N) is 2. The van der Waals surface area contributed by atoms with Crippen LogP contribution < -0.4 is 10.6 Å². The third kappa shape index (κ3) is 5.43. The van der Waals surface area contributed by atoms with Gasteiger partial charge in [-0.15, -0.1) is 0 Å². The fourth-order valence-corrected chi connectivity index (χ4v) is 3.89. The Hall–Kier alpha value is -2.70. The van der Waals surface area contributed by atoms with Gasteiger partial charge in [0.15, 0.2) is 0 Å². The highest BCUT2D eigenvalue weighted by Crippen LogP contribution is 2.40.